The van der Waals surface area contributed by atoms with E-state index >= 15 is 0 Å². The third kappa shape index (κ3) is 3.35. The Morgan fingerprint density at radius 2 is 2.24 bits per heavy atom. The van der Waals surface area contributed by atoms with Gasteiger partial charge in [0.2, 0.25) is 5.95 Å². The fourth-order valence-corrected chi connectivity index (χ4v) is 4.04. The molecular weight excluding hydrogens is 314 g/mol. The maximum Gasteiger partial charge on any atom is 0.255 e. The highest BCUT2D eigenvalue weighted by Crippen LogP contribution is 2.22. The van der Waals surface area contributed by atoms with Gasteiger partial charge in [-0.25, -0.2) is 4.98 Å². The van der Waals surface area contributed by atoms with E-state index in [1.807, 2.05) is 0 Å². The Hall–Kier alpha value is -2.08. The van der Waals surface area contributed by atoms with Gasteiger partial charge < -0.3 is 9.47 Å². The van der Waals surface area contributed by atoms with Gasteiger partial charge in [-0.1, -0.05) is 6.92 Å². The fraction of sp³-hybridized carbons (Fsp3) is 0.579. The van der Waals surface area contributed by atoms with Crippen LogP contribution in [0.1, 0.15) is 36.7 Å². The number of H-pyrrole nitrogens is 1. The van der Waals surface area contributed by atoms with Gasteiger partial charge in [0.25, 0.3) is 5.56 Å². The summed E-state index contributed by atoms with van der Waals surface area (Å²) in [5.41, 5.74) is 3.17. The van der Waals surface area contributed by atoms with Gasteiger partial charge >= 0.3 is 0 Å². The summed E-state index contributed by atoms with van der Waals surface area (Å²) in [6, 6.07) is 4.23. The molecule has 6 heteroatoms. The van der Waals surface area contributed by atoms with Gasteiger partial charge in [-0.05, 0) is 37.3 Å². The summed E-state index contributed by atoms with van der Waals surface area (Å²) in [6.45, 7) is 6.79. The number of nitrogens with one attached hydrogen (secondary N) is 1. The molecule has 0 amide bonds. The Bertz CT molecular complexity index is 808. The number of aryl methyl sites for hydroxylation is 1. The molecule has 2 aromatic heterocycles. The summed E-state index contributed by atoms with van der Waals surface area (Å²) in [5.74, 6) is 1.42. The number of rotatable bonds is 3. The van der Waals surface area contributed by atoms with E-state index in [-0.39, 0.29) is 5.56 Å². The predicted octanol–water partition coefficient (Wildman–Crippen LogP) is 1.90. The van der Waals surface area contributed by atoms with Crippen molar-refractivity contribution < 1.29 is 0 Å². The van der Waals surface area contributed by atoms with Crippen molar-refractivity contribution in [3.05, 3.63) is 45.6 Å². The molecule has 0 aromatic carbocycles. The lowest BCUT2D eigenvalue weighted by molar-refractivity contribution is 0.235. The van der Waals surface area contributed by atoms with Crippen LogP contribution in [0.2, 0.25) is 0 Å². The average Bonchev–Trinajstić information content (AvgIpc) is 2.99. The zero-order valence-electron chi connectivity index (χ0n) is 15.2. The second-order valence-electron chi connectivity index (χ2n) is 7.58. The van der Waals surface area contributed by atoms with E-state index in [1.54, 1.807) is 0 Å². The van der Waals surface area contributed by atoms with Crippen LogP contribution in [-0.2, 0) is 26.6 Å². The van der Waals surface area contributed by atoms with E-state index < -0.39 is 0 Å². The average molecular weight is 341 g/mol. The number of piperidine rings is 1. The largest absolute Gasteiger partial charge is 0.353 e. The molecule has 2 aliphatic heterocycles. The molecular formula is C19H27N5O. The molecule has 0 bridgehead atoms. The van der Waals surface area contributed by atoms with Crippen molar-refractivity contribution >= 4 is 5.95 Å². The molecule has 0 radical (unpaired) electrons. The van der Waals surface area contributed by atoms with E-state index in [0.29, 0.717) is 5.92 Å². The molecule has 134 valence electrons. The number of nitrogens with zero attached hydrogens (tertiary/aromatic N) is 4. The minimum Gasteiger partial charge on any atom is -0.353 e. The second kappa shape index (κ2) is 6.67. The monoisotopic (exact) mass is 341 g/mol. The number of aromatic nitrogens is 3. The fourth-order valence-electron chi connectivity index (χ4n) is 4.04. The molecule has 1 N–H and O–H groups in total. The van der Waals surface area contributed by atoms with Crippen LogP contribution >= 0.6 is 0 Å². The van der Waals surface area contributed by atoms with Crippen LogP contribution in [0.15, 0.2) is 23.1 Å². The molecule has 4 rings (SSSR count). The minimum absolute atomic E-state index is 0.0525. The lowest BCUT2D eigenvalue weighted by Gasteiger charge is -2.33. The number of anilines is 1. The summed E-state index contributed by atoms with van der Waals surface area (Å²) in [4.78, 5) is 25.1. The lowest BCUT2D eigenvalue weighted by atomic mass is 10.0. The SMILES string of the molecule is C[C@H]1CCCN(c2nc3c(c(=O)[nH]2)CCN(Cc2cccn2C)C3)C1. The van der Waals surface area contributed by atoms with Crippen molar-refractivity contribution in [2.75, 3.05) is 24.5 Å². The van der Waals surface area contributed by atoms with Gasteiger partial charge in [0.05, 0.1) is 5.69 Å². The Balaban J connectivity index is 1.56. The van der Waals surface area contributed by atoms with Crippen molar-refractivity contribution in [1.82, 2.24) is 19.4 Å². The summed E-state index contributed by atoms with van der Waals surface area (Å²) < 4.78 is 2.15. The topological polar surface area (TPSA) is 57.2 Å². The van der Waals surface area contributed by atoms with Gasteiger partial charge in [0.1, 0.15) is 0 Å². The number of hydrogen-bond acceptors (Lipinski definition) is 4. The predicted molar refractivity (Wildman–Crippen MR) is 98.7 cm³/mol. The van der Waals surface area contributed by atoms with Gasteiger partial charge in [0.15, 0.2) is 0 Å². The Morgan fingerprint density at radius 3 is 3.00 bits per heavy atom. The zero-order valence-corrected chi connectivity index (χ0v) is 15.2. The standard InChI is InChI=1S/C19H27N5O/c1-14-5-3-9-24(11-14)19-20-17-13-23(10-7-16(17)18(25)21-19)12-15-6-4-8-22(15)2/h4,6,8,14H,3,5,7,9-13H2,1-2H3,(H,20,21,25)/t14-/m0/s1. The Labute approximate surface area is 148 Å². The van der Waals surface area contributed by atoms with Crippen molar-refractivity contribution in [2.24, 2.45) is 13.0 Å². The smallest absolute Gasteiger partial charge is 0.255 e. The second-order valence-corrected chi connectivity index (χ2v) is 7.58. The molecule has 0 aliphatic carbocycles. The van der Waals surface area contributed by atoms with E-state index in [4.69, 9.17) is 4.98 Å². The first-order chi connectivity index (χ1) is 12.1. The van der Waals surface area contributed by atoms with E-state index in [1.165, 1.54) is 18.5 Å². The highest BCUT2D eigenvalue weighted by atomic mass is 16.1. The molecule has 1 fully saturated rings. The molecule has 4 heterocycles. The summed E-state index contributed by atoms with van der Waals surface area (Å²) in [7, 11) is 2.08. The van der Waals surface area contributed by atoms with Crippen molar-refractivity contribution in [1.29, 1.82) is 0 Å². The normalized spacial score (nSPS) is 21.4. The van der Waals surface area contributed by atoms with E-state index in [2.05, 4.69) is 51.7 Å². The van der Waals surface area contributed by atoms with E-state index in [9.17, 15) is 4.79 Å². The molecule has 0 spiro atoms. The summed E-state index contributed by atoms with van der Waals surface area (Å²) in [6.07, 6.45) is 5.28. The first-order valence-electron chi connectivity index (χ1n) is 9.29. The maximum atomic E-state index is 12.5. The summed E-state index contributed by atoms with van der Waals surface area (Å²) in [5, 5.41) is 0. The first kappa shape index (κ1) is 16.4. The molecule has 2 aliphatic rings. The van der Waals surface area contributed by atoms with Crippen LogP contribution in [-0.4, -0.2) is 39.1 Å². The van der Waals surface area contributed by atoms with E-state index in [0.717, 1.165) is 56.4 Å². The summed E-state index contributed by atoms with van der Waals surface area (Å²) >= 11 is 0. The minimum atomic E-state index is 0.0525. The Morgan fingerprint density at radius 1 is 1.36 bits per heavy atom. The molecule has 6 nitrogen and oxygen atoms in total. The highest BCUT2D eigenvalue weighted by molar-refractivity contribution is 5.35. The number of fused-ring (bicyclic) bond motifs is 1. The van der Waals surface area contributed by atoms with Crippen LogP contribution < -0.4 is 10.5 Å². The van der Waals surface area contributed by atoms with Crippen LogP contribution in [0.4, 0.5) is 5.95 Å². The maximum absolute atomic E-state index is 12.5. The van der Waals surface area contributed by atoms with Crippen molar-refractivity contribution in [3.8, 4) is 0 Å². The molecule has 0 saturated carbocycles. The van der Waals surface area contributed by atoms with Gasteiger partial charge in [-0.3, -0.25) is 14.7 Å². The van der Waals surface area contributed by atoms with Crippen LogP contribution in [0, 0.1) is 5.92 Å². The van der Waals surface area contributed by atoms with Gasteiger partial charge in [-0.15, -0.1) is 0 Å². The zero-order chi connectivity index (χ0) is 17.4. The molecule has 1 saturated heterocycles. The van der Waals surface area contributed by atoms with Crippen molar-refractivity contribution in [3.63, 3.8) is 0 Å². The molecule has 2 aromatic rings. The van der Waals surface area contributed by atoms with Gasteiger partial charge in [-0.2, -0.15) is 0 Å². The van der Waals surface area contributed by atoms with Crippen molar-refractivity contribution in [2.45, 2.75) is 39.3 Å². The molecule has 0 unspecified atom stereocenters. The van der Waals surface area contributed by atoms with Crippen LogP contribution in [0.3, 0.4) is 0 Å². The quantitative estimate of drug-likeness (QED) is 0.926. The number of hydrogen-bond donors (Lipinski definition) is 1. The lowest BCUT2D eigenvalue weighted by Crippen LogP contribution is -2.39. The van der Waals surface area contributed by atoms with Gasteiger partial charge in [0, 0.05) is 57.2 Å². The Kier molecular flexibility index (Phi) is 4.37. The first-order valence-corrected chi connectivity index (χ1v) is 9.29. The van der Waals surface area contributed by atoms with Crippen LogP contribution in [0.5, 0.6) is 0 Å². The van der Waals surface area contributed by atoms with Crippen LogP contribution in [0.25, 0.3) is 0 Å². The molecule has 25 heavy (non-hydrogen) atoms. The highest BCUT2D eigenvalue weighted by Gasteiger charge is 2.24. The number of aromatic amines is 1. The molecule has 1 atom stereocenters. The third-order valence-electron chi connectivity index (χ3n) is 5.53. The third-order valence-corrected chi connectivity index (χ3v) is 5.53.